The van der Waals surface area contributed by atoms with Crippen LogP contribution < -0.4 is 5.32 Å². The standard InChI is InChI=1S/C15H13FN2/c1-10-6-11(2)8-12(7-10)18-15-5-3-4-14(16)13(15)9-17/h3-8,18H,1-2H3. The molecule has 0 unspecified atom stereocenters. The van der Waals surface area contributed by atoms with Crippen LogP contribution in [0.1, 0.15) is 16.7 Å². The Balaban J connectivity index is 2.40. The molecule has 18 heavy (non-hydrogen) atoms. The van der Waals surface area contributed by atoms with Crippen molar-refractivity contribution in [3.05, 3.63) is 58.9 Å². The average molecular weight is 240 g/mol. The lowest BCUT2D eigenvalue weighted by molar-refractivity contribution is 0.624. The Bertz CT molecular complexity index is 607. The van der Waals surface area contributed by atoms with Gasteiger partial charge in [0.2, 0.25) is 0 Å². The van der Waals surface area contributed by atoms with Gasteiger partial charge in [-0.05, 0) is 49.2 Å². The maximum atomic E-state index is 13.4. The molecule has 2 nitrogen and oxygen atoms in total. The lowest BCUT2D eigenvalue weighted by atomic mass is 10.1. The molecule has 0 saturated heterocycles. The fourth-order valence-corrected chi connectivity index (χ4v) is 1.94. The van der Waals surface area contributed by atoms with E-state index in [1.54, 1.807) is 12.1 Å². The van der Waals surface area contributed by atoms with Crippen LogP contribution in [0.3, 0.4) is 0 Å². The van der Waals surface area contributed by atoms with E-state index < -0.39 is 5.82 Å². The first-order valence-electron chi connectivity index (χ1n) is 5.64. The molecule has 2 rings (SSSR count). The van der Waals surface area contributed by atoms with E-state index in [4.69, 9.17) is 5.26 Å². The van der Waals surface area contributed by atoms with Crippen LogP contribution in [0.2, 0.25) is 0 Å². The summed E-state index contributed by atoms with van der Waals surface area (Å²) in [4.78, 5) is 0. The van der Waals surface area contributed by atoms with Crippen LogP contribution in [-0.4, -0.2) is 0 Å². The average Bonchev–Trinajstić information content (AvgIpc) is 2.27. The molecule has 90 valence electrons. The van der Waals surface area contributed by atoms with Gasteiger partial charge in [0.15, 0.2) is 0 Å². The first-order valence-corrected chi connectivity index (χ1v) is 5.64. The summed E-state index contributed by atoms with van der Waals surface area (Å²) in [6.07, 6.45) is 0. The Labute approximate surface area is 106 Å². The molecule has 0 bridgehead atoms. The second-order valence-corrected chi connectivity index (χ2v) is 4.28. The molecule has 0 aliphatic carbocycles. The van der Waals surface area contributed by atoms with Crippen LogP contribution in [0.4, 0.5) is 15.8 Å². The first kappa shape index (κ1) is 12.1. The first-order chi connectivity index (χ1) is 8.60. The van der Waals surface area contributed by atoms with Gasteiger partial charge < -0.3 is 5.32 Å². The van der Waals surface area contributed by atoms with Gasteiger partial charge in [-0.25, -0.2) is 4.39 Å². The van der Waals surface area contributed by atoms with E-state index in [1.807, 2.05) is 32.0 Å². The number of nitriles is 1. The van der Waals surface area contributed by atoms with E-state index in [-0.39, 0.29) is 5.56 Å². The molecule has 0 fully saturated rings. The van der Waals surface area contributed by atoms with E-state index in [2.05, 4.69) is 11.4 Å². The molecular weight excluding hydrogens is 227 g/mol. The maximum absolute atomic E-state index is 13.4. The van der Waals surface area contributed by atoms with E-state index >= 15 is 0 Å². The van der Waals surface area contributed by atoms with Crippen LogP contribution >= 0.6 is 0 Å². The van der Waals surface area contributed by atoms with Crippen molar-refractivity contribution in [3.8, 4) is 6.07 Å². The molecule has 0 aromatic heterocycles. The molecule has 0 saturated carbocycles. The van der Waals surface area contributed by atoms with E-state index in [0.29, 0.717) is 5.69 Å². The van der Waals surface area contributed by atoms with Crippen molar-refractivity contribution in [2.24, 2.45) is 0 Å². The number of hydrogen-bond donors (Lipinski definition) is 1. The van der Waals surface area contributed by atoms with E-state index in [9.17, 15) is 4.39 Å². The van der Waals surface area contributed by atoms with Crippen molar-refractivity contribution in [1.82, 2.24) is 0 Å². The summed E-state index contributed by atoms with van der Waals surface area (Å²) >= 11 is 0. The Morgan fingerprint density at radius 1 is 1.11 bits per heavy atom. The molecule has 0 heterocycles. The zero-order valence-corrected chi connectivity index (χ0v) is 10.3. The lowest BCUT2D eigenvalue weighted by Crippen LogP contribution is -1.96. The van der Waals surface area contributed by atoms with Crippen molar-refractivity contribution in [1.29, 1.82) is 5.26 Å². The van der Waals surface area contributed by atoms with Gasteiger partial charge in [0, 0.05) is 5.69 Å². The van der Waals surface area contributed by atoms with Gasteiger partial charge in [0.1, 0.15) is 17.4 Å². The third kappa shape index (κ3) is 2.49. The fraction of sp³-hybridized carbons (Fsp3) is 0.133. The van der Waals surface area contributed by atoms with Crippen molar-refractivity contribution in [2.75, 3.05) is 5.32 Å². The third-order valence-electron chi connectivity index (χ3n) is 2.63. The number of hydrogen-bond acceptors (Lipinski definition) is 2. The predicted octanol–water partition coefficient (Wildman–Crippen LogP) is 4.06. The van der Waals surface area contributed by atoms with Crippen LogP contribution in [0.25, 0.3) is 0 Å². The van der Waals surface area contributed by atoms with Crippen LogP contribution in [-0.2, 0) is 0 Å². The fourth-order valence-electron chi connectivity index (χ4n) is 1.94. The van der Waals surface area contributed by atoms with Crippen molar-refractivity contribution >= 4 is 11.4 Å². The van der Waals surface area contributed by atoms with Gasteiger partial charge in [0.05, 0.1) is 5.69 Å². The van der Waals surface area contributed by atoms with E-state index in [0.717, 1.165) is 16.8 Å². The number of nitrogens with one attached hydrogen (secondary N) is 1. The lowest BCUT2D eigenvalue weighted by Gasteiger charge is -2.10. The van der Waals surface area contributed by atoms with E-state index in [1.165, 1.54) is 6.07 Å². The van der Waals surface area contributed by atoms with Crippen molar-refractivity contribution < 1.29 is 4.39 Å². The zero-order chi connectivity index (χ0) is 13.1. The Morgan fingerprint density at radius 3 is 2.39 bits per heavy atom. The van der Waals surface area contributed by atoms with Gasteiger partial charge in [0.25, 0.3) is 0 Å². The molecule has 2 aromatic rings. The molecule has 0 aliphatic heterocycles. The number of aryl methyl sites for hydroxylation is 2. The van der Waals surface area contributed by atoms with Crippen LogP contribution in [0.5, 0.6) is 0 Å². The summed E-state index contributed by atoms with van der Waals surface area (Å²) in [6.45, 7) is 3.99. The monoisotopic (exact) mass is 240 g/mol. The van der Waals surface area contributed by atoms with Gasteiger partial charge in [-0.15, -0.1) is 0 Å². The minimum atomic E-state index is -0.508. The summed E-state index contributed by atoms with van der Waals surface area (Å²) in [5, 5.41) is 12.0. The molecule has 0 atom stereocenters. The van der Waals surface area contributed by atoms with Gasteiger partial charge >= 0.3 is 0 Å². The smallest absolute Gasteiger partial charge is 0.143 e. The molecule has 1 N–H and O–H groups in total. The molecule has 2 aromatic carbocycles. The number of nitrogens with zero attached hydrogens (tertiary/aromatic N) is 1. The highest BCUT2D eigenvalue weighted by atomic mass is 19.1. The zero-order valence-electron chi connectivity index (χ0n) is 10.3. The summed E-state index contributed by atoms with van der Waals surface area (Å²) in [6, 6.07) is 12.4. The van der Waals surface area contributed by atoms with Crippen LogP contribution in [0, 0.1) is 31.0 Å². The van der Waals surface area contributed by atoms with Crippen LogP contribution in [0.15, 0.2) is 36.4 Å². The molecule has 0 spiro atoms. The highest BCUT2D eigenvalue weighted by Crippen LogP contribution is 2.24. The van der Waals surface area contributed by atoms with Gasteiger partial charge in [-0.2, -0.15) is 5.26 Å². The Hall–Kier alpha value is -2.34. The Kier molecular flexibility index (Phi) is 3.29. The molecule has 0 aliphatic rings. The summed E-state index contributed by atoms with van der Waals surface area (Å²) in [5.74, 6) is -0.508. The normalized spacial score (nSPS) is 9.89. The Morgan fingerprint density at radius 2 is 1.78 bits per heavy atom. The third-order valence-corrected chi connectivity index (χ3v) is 2.63. The van der Waals surface area contributed by atoms with Gasteiger partial charge in [-0.3, -0.25) is 0 Å². The number of anilines is 2. The van der Waals surface area contributed by atoms with Gasteiger partial charge in [-0.1, -0.05) is 12.1 Å². The van der Waals surface area contributed by atoms with Crippen molar-refractivity contribution in [2.45, 2.75) is 13.8 Å². The maximum Gasteiger partial charge on any atom is 0.143 e. The summed E-state index contributed by atoms with van der Waals surface area (Å²) < 4.78 is 13.4. The molecule has 0 radical (unpaired) electrons. The predicted molar refractivity (Wildman–Crippen MR) is 70.3 cm³/mol. The molecule has 0 amide bonds. The van der Waals surface area contributed by atoms with Crippen molar-refractivity contribution in [3.63, 3.8) is 0 Å². The second-order valence-electron chi connectivity index (χ2n) is 4.28. The summed E-state index contributed by atoms with van der Waals surface area (Å²) in [5.41, 5.74) is 3.62. The minimum absolute atomic E-state index is 0.0386. The molecular formula is C15H13FN2. The largest absolute Gasteiger partial charge is 0.354 e. The summed E-state index contributed by atoms with van der Waals surface area (Å²) in [7, 11) is 0. The SMILES string of the molecule is Cc1cc(C)cc(Nc2cccc(F)c2C#N)c1. The second kappa shape index (κ2) is 4.89. The topological polar surface area (TPSA) is 35.8 Å². The quantitative estimate of drug-likeness (QED) is 0.859. The number of halogens is 1. The highest BCUT2D eigenvalue weighted by Gasteiger charge is 2.07. The molecule has 3 heteroatoms. The minimum Gasteiger partial charge on any atom is -0.354 e. The number of rotatable bonds is 2. The highest BCUT2D eigenvalue weighted by molar-refractivity contribution is 5.67. The number of benzene rings is 2.